The van der Waals surface area contributed by atoms with Crippen molar-refractivity contribution in [3.8, 4) is 0 Å². The van der Waals surface area contributed by atoms with Crippen LogP contribution in [0.4, 0.5) is 14.5 Å². The Balaban J connectivity index is 3.12. The van der Waals surface area contributed by atoms with Crippen LogP contribution in [0.2, 0.25) is 0 Å². The lowest BCUT2D eigenvalue weighted by Crippen LogP contribution is -2.30. The number of benzene rings is 1. The number of anilines is 1. The monoisotopic (exact) mass is 285 g/mol. The summed E-state index contributed by atoms with van der Waals surface area (Å²) < 4.78 is 28.0. The summed E-state index contributed by atoms with van der Waals surface area (Å²) in [4.78, 5) is 12.4. The van der Waals surface area contributed by atoms with Gasteiger partial charge in [0.25, 0.3) is 0 Å². The second-order valence-corrected chi connectivity index (χ2v) is 4.81. The molecule has 0 saturated carbocycles. The second-order valence-electron chi connectivity index (χ2n) is 4.81. The van der Waals surface area contributed by atoms with E-state index in [1.54, 1.807) is 4.90 Å². The molecule has 112 valence electrons. The van der Waals surface area contributed by atoms with Gasteiger partial charge in [-0.15, -0.1) is 0 Å². The summed E-state index contributed by atoms with van der Waals surface area (Å²) in [6.45, 7) is 6.94. The SMILES string of the molecule is CCC(CC)CN(CC)c1c(F)cc(C(=O)O)cc1F. The highest BCUT2D eigenvalue weighted by atomic mass is 19.1. The molecule has 0 fully saturated rings. The highest BCUT2D eigenvalue weighted by Crippen LogP contribution is 2.26. The molecule has 0 atom stereocenters. The smallest absolute Gasteiger partial charge is 0.335 e. The van der Waals surface area contributed by atoms with Crippen molar-refractivity contribution in [2.24, 2.45) is 5.92 Å². The molecule has 5 heteroatoms. The van der Waals surface area contributed by atoms with Crippen LogP contribution in [-0.2, 0) is 0 Å². The van der Waals surface area contributed by atoms with Crippen molar-refractivity contribution >= 4 is 11.7 Å². The first-order valence-electron chi connectivity index (χ1n) is 6.91. The van der Waals surface area contributed by atoms with Gasteiger partial charge in [-0.05, 0) is 25.0 Å². The average Bonchev–Trinajstić information content (AvgIpc) is 2.41. The first-order chi connectivity index (χ1) is 9.44. The lowest BCUT2D eigenvalue weighted by atomic mass is 10.0. The predicted molar refractivity (Wildman–Crippen MR) is 75.3 cm³/mol. The maximum absolute atomic E-state index is 14.0. The minimum atomic E-state index is -1.34. The van der Waals surface area contributed by atoms with Crippen molar-refractivity contribution in [1.82, 2.24) is 0 Å². The van der Waals surface area contributed by atoms with E-state index >= 15 is 0 Å². The molecule has 0 unspecified atom stereocenters. The van der Waals surface area contributed by atoms with Crippen molar-refractivity contribution in [2.45, 2.75) is 33.6 Å². The predicted octanol–water partition coefficient (Wildman–Crippen LogP) is 3.93. The van der Waals surface area contributed by atoms with Crippen molar-refractivity contribution in [2.75, 3.05) is 18.0 Å². The minimum absolute atomic E-state index is 0.135. The molecule has 0 spiro atoms. The van der Waals surface area contributed by atoms with Gasteiger partial charge in [-0.1, -0.05) is 26.7 Å². The van der Waals surface area contributed by atoms with Gasteiger partial charge in [0.2, 0.25) is 0 Å². The molecular weight excluding hydrogens is 264 g/mol. The van der Waals surface area contributed by atoms with Gasteiger partial charge in [-0.25, -0.2) is 13.6 Å². The summed E-state index contributed by atoms with van der Waals surface area (Å²) in [5.41, 5.74) is -0.508. The van der Waals surface area contributed by atoms with Crippen LogP contribution in [0, 0.1) is 17.6 Å². The van der Waals surface area contributed by atoms with Gasteiger partial charge in [-0.3, -0.25) is 0 Å². The van der Waals surface area contributed by atoms with Crippen LogP contribution in [-0.4, -0.2) is 24.2 Å². The number of carbonyl (C=O) groups is 1. The van der Waals surface area contributed by atoms with Crippen LogP contribution in [0.25, 0.3) is 0 Å². The Hall–Kier alpha value is -1.65. The molecular formula is C15H21F2NO2. The summed E-state index contributed by atoms with van der Waals surface area (Å²) in [5.74, 6) is -2.63. The van der Waals surface area contributed by atoms with E-state index in [0.717, 1.165) is 25.0 Å². The van der Waals surface area contributed by atoms with E-state index in [1.165, 1.54) is 0 Å². The number of carboxylic acid groups (broad SMARTS) is 1. The number of aromatic carboxylic acids is 1. The number of nitrogens with zero attached hydrogens (tertiary/aromatic N) is 1. The molecule has 1 aromatic carbocycles. The van der Waals surface area contributed by atoms with Crippen molar-refractivity contribution in [3.63, 3.8) is 0 Å². The number of rotatable bonds is 7. The fourth-order valence-electron chi connectivity index (χ4n) is 2.23. The molecule has 0 aliphatic carbocycles. The molecule has 0 heterocycles. The molecule has 20 heavy (non-hydrogen) atoms. The van der Waals surface area contributed by atoms with E-state index in [9.17, 15) is 13.6 Å². The Morgan fingerprint density at radius 2 is 1.70 bits per heavy atom. The zero-order valence-corrected chi connectivity index (χ0v) is 12.1. The van der Waals surface area contributed by atoms with E-state index in [4.69, 9.17) is 5.11 Å². The fourth-order valence-corrected chi connectivity index (χ4v) is 2.23. The fraction of sp³-hybridized carbons (Fsp3) is 0.533. The van der Waals surface area contributed by atoms with Crippen LogP contribution in [0.1, 0.15) is 44.0 Å². The van der Waals surface area contributed by atoms with Crippen LogP contribution in [0.5, 0.6) is 0 Å². The zero-order valence-electron chi connectivity index (χ0n) is 12.1. The summed E-state index contributed by atoms with van der Waals surface area (Å²) in [6, 6.07) is 1.74. The molecule has 1 N–H and O–H groups in total. The molecule has 0 radical (unpaired) electrons. The van der Waals surface area contributed by atoms with Crippen LogP contribution < -0.4 is 4.90 Å². The molecule has 0 bridgehead atoms. The van der Waals surface area contributed by atoms with Gasteiger partial charge >= 0.3 is 5.97 Å². The number of hydrogen-bond donors (Lipinski definition) is 1. The first kappa shape index (κ1) is 16.4. The van der Waals surface area contributed by atoms with Crippen molar-refractivity contribution < 1.29 is 18.7 Å². The quantitative estimate of drug-likeness (QED) is 0.825. The van der Waals surface area contributed by atoms with Gasteiger partial charge in [-0.2, -0.15) is 0 Å². The summed E-state index contributed by atoms with van der Waals surface area (Å²) in [7, 11) is 0. The van der Waals surface area contributed by atoms with Gasteiger partial charge in [0.1, 0.15) is 17.3 Å². The Morgan fingerprint density at radius 1 is 1.20 bits per heavy atom. The minimum Gasteiger partial charge on any atom is -0.478 e. The number of carboxylic acids is 1. The molecule has 3 nitrogen and oxygen atoms in total. The third kappa shape index (κ3) is 3.68. The maximum Gasteiger partial charge on any atom is 0.335 e. The summed E-state index contributed by atoms with van der Waals surface area (Å²) in [5, 5.41) is 8.79. The topological polar surface area (TPSA) is 40.5 Å². The highest BCUT2D eigenvalue weighted by Gasteiger charge is 2.20. The van der Waals surface area contributed by atoms with Gasteiger partial charge in [0.15, 0.2) is 0 Å². The summed E-state index contributed by atoms with van der Waals surface area (Å²) >= 11 is 0. The molecule has 0 aromatic heterocycles. The first-order valence-corrected chi connectivity index (χ1v) is 6.91. The third-order valence-electron chi connectivity index (χ3n) is 3.60. The van der Waals surface area contributed by atoms with Crippen LogP contribution in [0.15, 0.2) is 12.1 Å². The van der Waals surface area contributed by atoms with Gasteiger partial charge < -0.3 is 10.0 Å². The standard InChI is InChI=1S/C15H21F2NO2/c1-4-10(5-2)9-18(6-3)14-12(16)7-11(15(19)20)8-13(14)17/h7-8,10H,4-6,9H2,1-3H3,(H,19,20). The highest BCUT2D eigenvalue weighted by molar-refractivity contribution is 5.88. The average molecular weight is 285 g/mol. The van der Waals surface area contributed by atoms with Gasteiger partial charge in [0, 0.05) is 13.1 Å². The van der Waals surface area contributed by atoms with Crippen LogP contribution >= 0.6 is 0 Å². The maximum atomic E-state index is 14.0. The van der Waals surface area contributed by atoms with E-state index in [1.807, 2.05) is 20.8 Å². The number of hydrogen-bond acceptors (Lipinski definition) is 2. The lowest BCUT2D eigenvalue weighted by Gasteiger charge is -2.28. The molecule has 0 amide bonds. The Labute approximate surface area is 118 Å². The van der Waals surface area contributed by atoms with Crippen LogP contribution in [0.3, 0.4) is 0 Å². The van der Waals surface area contributed by atoms with Crippen molar-refractivity contribution in [3.05, 3.63) is 29.3 Å². The lowest BCUT2D eigenvalue weighted by molar-refractivity contribution is 0.0695. The van der Waals surface area contributed by atoms with Gasteiger partial charge in [0.05, 0.1) is 5.56 Å². The molecule has 0 aliphatic rings. The molecule has 0 aliphatic heterocycles. The van der Waals surface area contributed by atoms with E-state index < -0.39 is 17.6 Å². The Bertz CT molecular complexity index is 450. The Kier molecular flexibility index (Phi) is 5.92. The normalized spacial score (nSPS) is 10.9. The second kappa shape index (κ2) is 7.22. The van der Waals surface area contributed by atoms with Crippen molar-refractivity contribution in [1.29, 1.82) is 0 Å². The third-order valence-corrected chi connectivity index (χ3v) is 3.60. The van der Waals surface area contributed by atoms with E-state index in [0.29, 0.717) is 19.0 Å². The zero-order chi connectivity index (χ0) is 15.3. The summed E-state index contributed by atoms with van der Waals surface area (Å²) in [6.07, 6.45) is 1.87. The molecule has 1 aromatic rings. The molecule has 0 saturated heterocycles. The van der Waals surface area contributed by atoms with E-state index in [2.05, 4.69) is 0 Å². The van der Waals surface area contributed by atoms with E-state index in [-0.39, 0.29) is 11.3 Å². The largest absolute Gasteiger partial charge is 0.478 e. The Morgan fingerprint density at radius 3 is 2.05 bits per heavy atom. The molecule has 1 rings (SSSR count). The number of halogens is 2.